The number of likely N-dealkylation sites (tertiary alicyclic amines) is 1. The molecule has 1 N–H and O–H groups in total. The van der Waals surface area contributed by atoms with Gasteiger partial charge in [0.2, 0.25) is 0 Å². The van der Waals surface area contributed by atoms with Crippen LogP contribution in [0.3, 0.4) is 0 Å². The van der Waals surface area contributed by atoms with Gasteiger partial charge in [-0.25, -0.2) is 13.2 Å². The molecular formula is C29H41N3O6S2. The number of nitrogens with zero attached hydrogens (tertiary/aromatic N) is 2. The van der Waals surface area contributed by atoms with Crippen molar-refractivity contribution in [3.05, 3.63) is 59.7 Å². The van der Waals surface area contributed by atoms with Crippen molar-refractivity contribution in [2.45, 2.75) is 75.5 Å². The summed E-state index contributed by atoms with van der Waals surface area (Å²) < 4.78 is 38.8. The largest absolute Gasteiger partial charge is 0.497 e. The molecule has 0 unspecified atom stereocenters. The van der Waals surface area contributed by atoms with Gasteiger partial charge in [0.1, 0.15) is 17.4 Å². The number of hydrogen-bond acceptors (Lipinski definition) is 7. The highest BCUT2D eigenvalue weighted by Gasteiger charge is 2.43. The van der Waals surface area contributed by atoms with Crippen molar-refractivity contribution < 1.29 is 27.5 Å². The van der Waals surface area contributed by atoms with E-state index in [4.69, 9.17) is 9.47 Å². The summed E-state index contributed by atoms with van der Waals surface area (Å²) in [5.41, 5.74) is 3.91. The maximum absolute atomic E-state index is 13.7. The molecule has 2 aromatic rings. The van der Waals surface area contributed by atoms with E-state index >= 15 is 0 Å². The minimum atomic E-state index is -4.02. The summed E-state index contributed by atoms with van der Waals surface area (Å²) >= 11 is 1.64. The van der Waals surface area contributed by atoms with Crippen molar-refractivity contribution in [2.75, 3.05) is 20.2 Å². The average Bonchev–Trinajstić information content (AvgIpc) is 3.31. The van der Waals surface area contributed by atoms with Gasteiger partial charge in [-0.05, 0) is 69.9 Å². The standard InChI is InChI=1S/C29H41N3O6S2/c1-20(2)17-32(40(35,36)25-14-8-21(3)9-15-25)30-27(33)26-16-24(18-31(26)28(34)38-29(4,5)6)39-19-22-10-12-23(37-7)13-11-22/h8-15,20,24,26H,16-19H2,1-7H3,(H,30,33)/t24-,26+/m1/s1. The van der Waals surface area contributed by atoms with E-state index in [1.165, 1.54) is 17.0 Å². The van der Waals surface area contributed by atoms with Crippen LogP contribution >= 0.6 is 11.8 Å². The highest BCUT2D eigenvalue weighted by molar-refractivity contribution is 7.99. The predicted octanol–water partition coefficient (Wildman–Crippen LogP) is 4.99. The number of sulfonamides is 1. The third kappa shape index (κ3) is 8.62. The number of thioether (sulfide) groups is 1. The summed E-state index contributed by atoms with van der Waals surface area (Å²) in [6.07, 6.45) is -0.233. The van der Waals surface area contributed by atoms with Crippen LogP contribution in [0.15, 0.2) is 53.4 Å². The predicted molar refractivity (Wildman–Crippen MR) is 157 cm³/mol. The molecule has 1 fully saturated rings. The smallest absolute Gasteiger partial charge is 0.411 e. The second-order valence-electron chi connectivity index (χ2n) is 11.4. The summed E-state index contributed by atoms with van der Waals surface area (Å²) in [5.74, 6) is 0.842. The van der Waals surface area contributed by atoms with E-state index in [2.05, 4.69) is 5.43 Å². The molecule has 0 saturated carbocycles. The molecule has 9 nitrogen and oxygen atoms in total. The van der Waals surface area contributed by atoms with Crippen LogP contribution in [0, 0.1) is 12.8 Å². The first-order chi connectivity index (χ1) is 18.7. The number of methoxy groups -OCH3 is 1. The molecule has 1 saturated heterocycles. The molecular weight excluding hydrogens is 550 g/mol. The molecule has 2 atom stereocenters. The molecule has 1 heterocycles. The van der Waals surface area contributed by atoms with E-state index in [9.17, 15) is 18.0 Å². The molecule has 40 heavy (non-hydrogen) atoms. The SMILES string of the molecule is COc1ccc(CS[C@@H]2C[C@@H](C(=O)NN(CC(C)C)S(=O)(=O)c3ccc(C)cc3)N(C(=O)OC(C)(C)C)C2)cc1. The lowest BCUT2D eigenvalue weighted by Crippen LogP contribution is -2.54. The number of aryl methyl sites for hydroxylation is 1. The number of rotatable bonds is 10. The molecule has 1 aliphatic rings. The molecule has 2 aromatic carbocycles. The van der Waals surface area contributed by atoms with Crippen molar-refractivity contribution in [3.8, 4) is 5.75 Å². The molecule has 0 aliphatic carbocycles. The van der Waals surface area contributed by atoms with E-state index < -0.39 is 33.7 Å². The van der Waals surface area contributed by atoms with Gasteiger partial charge in [0.15, 0.2) is 0 Å². The molecule has 11 heteroatoms. The van der Waals surface area contributed by atoms with Crippen LogP contribution in [-0.2, 0) is 25.3 Å². The zero-order valence-electron chi connectivity index (χ0n) is 24.3. The number of hydrazine groups is 1. The van der Waals surface area contributed by atoms with Gasteiger partial charge in [-0.15, -0.1) is 4.41 Å². The summed E-state index contributed by atoms with van der Waals surface area (Å²) in [6, 6.07) is 13.4. The zero-order chi connectivity index (χ0) is 29.7. The highest BCUT2D eigenvalue weighted by Crippen LogP contribution is 2.32. The van der Waals surface area contributed by atoms with Crippen molar-refractivity contribution >= 4 is 33.8 Å². The Morgan fingerprint density at radius 3 is 2.27 bits per heavy atom. The molecule has 1 aliphatic heterocycles. The second kappa shape index (κ2) is 13.3. The Bertz CT molecular complexity index is 1260. The van der Waals surface area contributed by atoms with Gasteiger partial charge in [0.05, 0.1) is 12.0 Å². The molecule has 0 aromatic heterocycles. The number of nitrogens with one attached hydrogen (secondary N) is 1. The van der Waals surface area contributed by atoms with Crippen molar-refractivity contribution in [1.82, 2.24) is 14.7 Å². The van der Waals surface area contributed by atoms with Crippen LogP contribution in [0.5, 0.6) is 5.75 Å². The third-order valence-electron chi connectivity index (χ3n) is 6.21. The van der Waals surface area contributed by atoms with Crippen LogP contribution in [-0.4, -0.2) is 66.8 Å². The second-order valence-corrected chi connectivity index (χ2v) is 14.5. The normalized spacial score (nSPS) is 17.8. The Labute approximate surface area is 242 Å². The fourth-order valence-corrected chi connectivity index (χ4v) is 6.84. The van der Waals surface area contributed by atoms with Gasteiger partial charge in [0, 0.05) is 24.1 Å². The minimum absolute atomic E-state index is 0.0439. The fraction of sp³-hybridized carbons (Fsp3) is 0.517. The van der Waals surface area contributed by atoms with Gasteiger partial charge in [0.25, 0.3) is 15.9 Å². The van der Waals surface area contributed by atoms with Gasteiger partial charge in [-0.2, -0.15) is 11.8 Å². The maximum atomic E-state index is 13.7. The van der Waals surface area contributed by atoms with Gasteiger partial charge < -0.3 is 9.47 Å². The summed E-state index contributed by atoms with van der Waals surface area (Å²) in [7, 11) is -2.40. The Balaban J connectivity index is 1.81. The lowest BCUT2D eigenvalue weighted by atomic mass is 10.2. The third-order valence-corrected chi connectivity index (χ3v) is 9.21. The van der Waals surface area contributed by atoms with E-state index in [-0.39, 0.29) is 22.6 Å². The molecule has 3 rings (SSSR count). The number of benzene rings is 2. The van der Waals surface area contributed by atoms with E-state index in [1.54, 1.807) is 51.8 Å². The Morgan fingerprint density at radius 1 is 1.10 bits per heavy atom. The lowest BCUT2D eigenvalue weighted by Gasteiger charge is -2.30. The van der Waals surface area contributed by atoms with Gasteiger partial charge in [-0.3, -0.25) is 15.1 Å². The number of amides is 2. The van der Waals surface area contributed by atoms with Crippen molar-refractivity contribution in [2.24, 2.45) is 5.92 Å². The number of hydrogen-bond donors (Lipinski definition) is 1. The topological polar surface area (TPSA) is 105 Å². The molecule has 0 spiro atoms. The fourth-order valence-electron chi connectivity index (χ4n) is 4.20. The Kier molecular flexibility index (Phi) is 10.5. The highest BCUT2D eigenvalue weighted by atomic mass is 32.2. The van der Waals surface area contributed by atoms with E-state index in [1.807, 2.05) is 45.0 Å². The van der Waals surface area contributed by atoms with E-state index in [0.717, 1.165) is 21.3 Å². The maximum Gasteiger partial charge on any atom is 0.411 e. The van der Waals surface area contributed by atoms with Crippen LogP contribution in [0.25, 0.3) is 0 Å². The van der Waals surface area contributed by atoms with Gasteiger partial charge in [-0.1, -0.05) is 43.7 Å². The summed E-state index contributed by atoms with van der Waals surface area (Å²) in [4.78, 5) is 28.3. The van der Waals surface area contributed by atoms with Crippen LogP contribution in [0.4, 0.5) is 4.79 Å². The zero-order valence-corrected chi connectivity index (χ0v) is 26.0. The molecule has 0 bridgehead atoms. The average molecular weight is 592 g/mol. The van der Waals surface area contributed by atoms with Crippen molar-refractivity contribution in [1.29, 1.82) is 0 Å². The van der Waals surface area contributed by atoms with Gasteiger partial charge >= 0.3 is 6.09 Å². The molecule has 220 valence electrons. The first kappa shape index (κ1) is 31.8. The van der Waals surface area contributed by atoms with Crippen molar-refractivity contribution in [3.63, 3.8) is 0 Å². The monoisotopic (exact) mass is 591 g/mol. The Hall–Kier alpha value is -2.76. The first-order valence-electron chi connectivity index (χ1n) is 13.3. The summed E-state index contributed by atoms with van der Waals surface area (Å²) in [5, 5.41) is -0.0439. The Morgan fingerprint density at radius 2 is 1.73 bits per heavy atom. The first-order valence-corrected chi connectivity index (χ1v) is 15.8. The lowest BCUT2D eigenvalue weighted by molar-refractivity contribution is -0.128. The minimum Gasteiger partial charge on any atom is -0.497 e. The number of carbonyl (C=O) groups is 2. The number of ether oxygens (including phenoxy) is 2. The van der Waals surface area contributed by atoms with Crippen LogP contribution < -0.4 is 10.2 Å². The number of carbonyl (C=O) groups excluding carboxylic acids is 2. The van der Waals surface area contributed by atoms with E-state index in [0.29, 0.717) is 18.7 Å². The molecule has 0 radical (unpaired) electrons. The van der Waals surface area contributed by atoms with Crippen LogP contribution in [0.2, 0.25) is 0 Å². The molecule has 2 amide bonds. The summed E-state index contributed by atoms with van der Waals surface area (Å²) in [6.45, 7) is 11.3. The van der Waals surface area contributed by atoms with Crippen LogP contribution in [0.1, 0.15) is 52.2 Å². The quantitative estimate of drug-likeness (QED) is 0.388.